The minimum Gasteiger partial charge on any atom is -0.344 e. The first-order valence-corrected chi connectivity index (χ1v) is 10.2. The van der Waals surface area contributed by atoms with Crippen LogP contribution in [0.15, 0.2) is 48.9 Å². The van der Waals surface area contributed by atoms with E-state index in [1.165, 1.54) is 6.20 Å². The van der Waals surface area contributed by atoms with Crippen LogP contribution in [0.25, 0.3) is 33.3 Å². The summed E-state index contributed by atoms with van der Waals surface area (Å²) in [4.78, 5) is 43.5. The fourth-order valence-electron chi connectivity index (χ4n) is 3.85. The average Bonchev–Trinajstić information content (AvgIpc) is 3.21. The molecule has 158 valence electrons. The minimum absolute atomic E-state index is 0.133. The number of nitriles is 1. The van der Waals surface area contributed by atoms with Crippen LogP contribution in [0, 0.1) is 17.2 Å². The zero-order chi connectivity index (χ0) is 22.2. The molecule has 4 aromatic rings. The molecule has 0 spiro atoms. The maximum atomic E-state index is 12.9. The number of aromatic nitrogens is 4. The zero-order valence-corrected chi connectivity index (χ0v) is 17.2. The Labute approximate surface area is 183 Å². The van der Waals surface area contributed by atoms with Gasteiger partial charge in [0.1, 0.15) is 17.3 Å². The molecule has 9 nitrogen and oxygen atoms in total. The van der Waals surface area contributed by atoms with Gasteiger partial charge in [0, 0.05) is 30.9 Å². The van der Waals surface area contributed by atoms with Crippen molar-refractivity contribution in [3.05, 3.63) is 54.5 Å². The number of hydrogen-bond donors (Lipinski definition) is 2. The van der Waals surface area contributed by atoms with Gasteiger partial charge in [-0.15, -0.1) is 0 Å². The van der Waals surface area contributed by atoms with Crippen molar-refractivity contribution in [3.63, 3.8) is 0 Å². The molecule has 0 bridgehead atoms. The number of amides is 2. The number of benzene rings is 1. The Bertz CT molecular complexity index is 1390. The van der Waals surface area contributed by atoms with Crippen molar-refractivity contribution in [3.8, 4) is 17.5 Å². The third kappa shape index (κ3) is 3.32. The van der Waals surface area contributed by atoms with E-state index in [0.717, 1.165) is 10.8 Å². The molecule has 1 aliphatic rings. The highest BCUT2D eigenvalue weighted by atomic mass is 16.2. The molecule has 1 aliphatic heterocycles. The Morgan fingerprint density at radius 2 is 2.06 bits per heavy atom. The van der Waals surface area contributed by atoms with Crippen LogP contribution in [0.5, 0.6) is 0 Å². The molecule has 1 fully saturated rings. The summed E-state index contributed by atoms with van der Waals surface area (Å²) in [6.45, 7) is 2.43. The van der Waals surface area contributed by atoms with Gasteiger partial charge in [-0.25, -0.2) is 9.97 Å². The van der Waals surface area contributed by atoms with Crippen molar-refractivity contribution >= 4 is 33.8 Å². The fraction of sp³-hybridized carbons (Fsp3) is 0.217. The molecule has 0 saturated carbocycles. The largest absolute Gasteiger partial charge is 0.344 e. The number of hydrogen-bond acceptors (Lipinski definition) is 6. The van der Waals surface area contributed by atoms with Gasteiger partial charge in [-0.2, -0.15) is 5.26 Å². The van der Waals surface area contributed by atoms with Crippen molar-refractivity contribution in [1.29, 1.82) is 5.26 Å². The predicted octanol–water partition coefficient (Wildman–Crippen LogP) is 2.27. The van der Waals surface area contributed by atoms with E-state index in [-0.39, 0.29) is 11.8 Å². The lowest BCUT2D eigenvalue weighted by molar-refractivity contribution is -0.137. The number of aromatic amines is 1. The van der Waals surface area contributed by atoms with Gasteiger partial charge in [-0.05, 0) is 18.4 Å². The Morgan fingerprint density at radius 1 is 1.25 bits per heavy atom. The number of nitrogens with one attached hydrogen (secondary N) is 2. The molecule has 1 atom stereocenters. The molecule has 5 rings (SSSR count). The second-order valence-corrected chi connectivity index (χ2v) is 7.80. The smallest absolute Gasteiger partial charge is 0.255 e. The first-order valence-electron chi connectivity index (χ1n) is 10.2. The molecule has 0 radical (unpaired) electrons. The van der Waals surface area contributed by atoms with Gasteiger partial charge < -0.3 is 15.2 Å². The highest BCUT2D eigenvalue weighted by Crippen LogP contribution is 2.26. The van der Waals surface area contributed by atoms with E-state index in [2.05, 4.69) is 31.3 Å². The first kappa shape index (κ1) is 19.6. The van der Waals surface area contributed by atoms with Gasteiger partial charge in [0.05, 0.1) is 29.4 Å². The Hall–Kier alpha value is -4.32. The van der Waals surface area contributed by atoms with Crippen LogP contribution in [0.4, 0.5) is 0 Å². The van der Waals surface area contributed by atoms with Gasteiger partial charge in [-0.1, -0.05) is 24.3 Å². The molecule has 1 saturated heterocycles. The van der Waals surface area contributed by atoms with Gasteiger partial charge >= 0.3 is 0 Å². The topological polar surface area (TPSA) is 128 Å². The number of rotatable bonds is 4. The van der Waals surface area contributed by atoms with Crippen LogP contribution < -0.4 is 5.32 Å². The number of H-pyrrole nitrogens is 1. The second kappa shape index (κ2) is 7.74. The summed E-state index contributed by atoms with van der Waals surface area (Å²) in [5.74, 6) is -0.768. The third-order valence-electron chi connectivity index (χ3n) is 5.64. The highest BCUT2D eigenvalue weighted by molar-refractivity contribution is 6.06. The second-order valence-electron chi connectivity index (χ2n) is 7.80. The lowest BCUT2D eigenvalue weighted by atomic mass is 10.0. The number of fused-ring (bicyclic) bond motifs is 2. The van der Waals surface area contributed by atoms with Crippen LogP contribution in [-0.2, 0) is 4.79 Å². The number of pyridine rings is 1. The number of nitrogens with zero attached hydrogens (tertiary/aromatic N) is 5. The number of likely N-dealkylation sites (tertiary alicyclic amines) is 1. The van der Waals surface area contributed by atoms with E-state index < -0.39 is 11.9 Å². The predicted molar refractivity (Wildman–Crippen MR) is 117 cm³/mol. The van der Waals surface area contributed by atoms with E-state index in [1.54, 1.807) is 24.2 Å². The number of carbonyl (C=O) groups is 2. The van der Waals surface area contributed by atoms with Crippen molar-refractivity contribution in [1.82, 2.24) is 30.2 Å². The van der Waals surface area contributed by atoms with Crippen LogP contribution >= 0.6 is 0 Å². The van der Waals surface area contributed by atoms with E-state index in [4.69, 9.17) is 5.26 Å². The quantitative estimate of drug-likeness (QED) is 0.516. The van der Waals surface area contributed by atoms with Crippen molar-refractivity contribution in [2.45, 2.75) is 13.0 Å². The molecule has 9 heteroatoms. The van der Waals surface area contributed by atoms with E-state index >= 15 is 0 Å². The van der Waals surface area contributed by atoms with Crippen LogP contribution in [-0.4, -0.2) is 55.8 Å². The first-order chi connectivity index (χ1) is 15.5. The minimum atomic E-state index is -0.719. The van der Waals surface area contributed by atoms with Crippen molar-refractivity contribution < 1.29 is 9.59 Å². The van der Waals surface area contributed by atoms with E-state index in [0.29, 0.717) is 41.2 Å². The summed E-state index contributed by atoms with van der Waals surface area (Å²) in [7, 11) is 0. The molecular weight excluding hydrogens is 406 g/mol. The van der Waals surface area contributed by atoms with Gasteiger partial charge in [-0.3, -0.25) is 14.6 Å². The van der Waals surface area contributed by atoms with Gasteiger partial charge in [0.2, 0.25) is 5.91 Å². The lowest BCUT2D eigenvalue weighted by Crippen LogP contribution is -2.55. The van der Waals surface area contributed by atoms with Gasteiger partial charge in [0.25, 0.3) is 5.91 Å². The SMILES string of the molecule is CC(NC(=O)c1c[nH]c2ncc(-c3nccc4ccccc34)nc12)C(=O)N1CC(C#N)C1. The lowest BCUT2D eigenvalue weighted by Gasteiger charge is -2.37. The third-order valence-corrected chi connectivity index (χ3v) is 5.64. The van der Waals surface area contributed by atoms with Crippen LogP contribution in [0.3, 0.4) is 0 Å². The molecule has 32 heavy (non-hydrogen) atoms. The van der Waals surface area contributed by atoms with Crippen LogP contribution in [0.1, 0.15) is 17.3 Å². The fourth-order valence-corrected chi connectivity index (χ4v) is 3.85. The summed E-state index contributed by atoms with van der Waals surface area (Å²) < 4.78 is 0. The van der Waals surface area contributed by atoms with Crippen molar-refractivity contribution in [2.75, 3.05) is 13.1 Å². The molecule has 1 aromatic carbocycles. The summed E-state index contributed by atoms with van der Waals surface area (Å²) >= 11 is 0. The monoisotopic (exact) mass is 425 g/mol. The highest BCUT2D eigenvalue weighted by Gasteiger charge is 2.33. The molecule has 4 heterocycles. The van der Waals surface area contributed by atoms with E-state index in [9.17, 15) is 9.59 Å². The Kier molecular flexibility index (Phi) is 4.75. The normalized spacial score (nSPS) is 14.7. The van der Waals surface area contributed by atoms with Crippen molar-refractivity contribution in [2.24, 2.45) is 5.92 Å². The average molecular weight is 425 g/mol. The maximum Gasteiger partial charge on any atom is 0.255 e. The molecule has 2 amide bonds. The molecule has 2 N–H and O–H groups in total. The summed E-state index contributed by atoms with van der Waals surface area (Å²) in [6, 6.07) is 11.2. The molecular formula is C23H19N7O2. The van der Waals surface area contributed by atoms with Gasteiger partial charge in [0.15, 0.2) is 5.65 Å². The van der Waals surface area contributed by atoms with E-state index in [1.807, 2.05) is 30.3 Å². The summed E-state index contributed by atoms with van der Waals surface area (Å²) in [5, 5.41) is 13.6. The number of carbonyl (C=O) groups excluding carboxylic acids is 2. The molecule has 0 aliphatic carbocycles. The Morgan fingerprint density at radius 3 is 2.88 bits per heavy atom. The van der Waals surface area contributed by atoms with Crippen LogP contribution in [0.2, 0.25) is 0 Å². The Balaban J connectivity index is 1.42. The zero-order valence-electron chi connectivity index (χ0n) is 17.2. The standard InChI is InChI=1S/C23H19N7O2/c1-13(23(32)30-11-14(8-24)12-30)28-22(31)17-9-26-21-20(17)29-18(10-27-21)19-16-5-3-2-4-15(16)6-7-25-19/h2-7,9-10,13-14H,11-12H2,1H3,(H,26,27)(H,28,31). The molecule has 1 unspecified atom stereocenters. The maximum absolute atomic E-state index is 12.9. The summed E-state index contributed by atoms with van der Waals surface area (Å²) in [6.07, 6.45) is 4.87. The summed E-state index contributed by atoms with van der Waals surface area (Å²) in [5.41, 5.74) is 2.40. The molecule has 3 aromatic heterocycles.